The number of primary sulfonamides is 1. The summed E-state index contributed by atoms with van der Waals surface area (Å²) < 4.78 is 22.0. The highest BCUT2D eigenvalue weighted by atomic mass is 32.2. The molecule has 2 rings (SSSR count). The average Bonchev–Trinajstić information content (AvgIpc) is 2.16. The van der Waals surface area contributed by atoms with E-state index in [1.807, 2.05) is 0 Å². The normalized spacial score (nSPS) is 11.8. The lowest BCUT2D eigenvalue weighted by molar-refractivity contribution is 0.598. The van der Waals surface area contributed by atoms with E-state index in [1.54, 1.807) is 12.3 Å². The van der Waals surface area contributed by atoms with Gasteiger partial charge in [-0.25, -0.2) is 23.5 Å². The number of hydrogen-bond acceptors (Lipinski definition) is 4. The summed E-state index contributed by atoms with van der Waals surface area (Å²) in [4.78, 5) is 7.80. The predicted molar refractivity (Wildman–Crippen MR) is 50.9 cm³/mol. The number of nitrogens with zero attached hydrogens (tertiary/aromatic N) is 2. The molecule has 2 N–H and O–H groups in total. The third kappa shape index (κ3) is 1.57. The van der Waals surface area contributed by atoms with Crippen molar-refractivity contribution in [3.8, 4) is 0 Å². The summed E-state index contributed by atoms with van der Waals surface area (Å²) in [5.74, 6) is 0. The zero-order valence-electron chi connectivity index (χ0n) is 7.08. The molecule has 72 valence electrons. The maximum Gasteiger partial charge on any atom is 0.238 e. The molecule has 0 saturated heterocycles. The lowest BCUT2D eigenvalue weighted by atomic mass is 10.2. The molecule has 2 aromatic rings. The minimum absolute atomic E-state index is 0.0590. The van der Waals surface area contributed by atoms with Gasteiger partial charge in [-0.05, 0) is 18.2 Å². The lowest BCUT2D eigenvalue weighted by Gasteiger charge is -1.99. The summed E-state index contributed by atoms with van der Waals surface area (Å²) in [6.07, 6.45) is 2.96. The first-order valence-electron chi connectivity index (χ1n) is 3.80. The quantitative estimate of drug-likeness (QED) is 0.730. The third-order valence-corrected chi connectivity index (χ3v) is 2.72. The van der Waals surface area contributed by atoms with Crippen LogP contribution in [0, 0.1) is 0 Å². The molecule has 5 nitrogen and oxygen atoms in total. The number of rotatable bonds is 1. The Kier molecular flexibility index (Phi) is 1.94. The van der Waals surface area contributed by atoms with Crippen molar-refractivity contribution < 1.29 is 8.42 Å². The van der Waals surface area contributed by atoms with E-state index in [0.29, 0.717) is 5.52 Å². The SMILES string of the molecule is NS(=O)(=O)c1ccc2cncnc2c1. The van der Waals surface area contributed by atoms with Crippen molar-refractivity contribution in [2.24, 2.45) is 5.14 Å². The van der Waals surface area contributed by atoms with Crippen LogP contribution in [-0.4, -0.2) is 18.4 Å². The Labute approximate surface area is 80.7 Å². The van der Waals surface area contributed by atoms with Gasteiger partial charge in [0, 0.05) is 11.6 Å². The Morgan fingerprint density at radius 1 is 1.29 bits per heavy atom. The fourth-order valence-corrected chi connectivity index (χ4v) is 1.66. The Hall–Kier alpha value is -1.53. The third-order valence-electron chi connectivity index (χ3n) is 1.81. The topological polar surface area (TPSA) is 85.9 Å². The maximum absolute atomic E-state index is 11.0. The molecule has 1 aromatic carbocycles. The minimum atomic E-state index is -3.65. The smallest absolute Gasteiger partial charge is 0.238 e. The van der Waals surface area contributed by atoms with Crippen LogP contribution >= 0.6 is 0 Å². The van der Waals surface area contributed by atoms with Crippen molar-refractivity contribution in [2.45, 2.75) is 4.90 Å². The van der Waals surface area contributed by atoms with Crippen molar-refractivity contribution in [3.63, 3.8) is 0 Å². The van der Waals surface area contributed by atoms with Crippen LogP contribution in [0.15, 0.2) is 35.6 Å². The number of fused-ring (bicyclic) bond motifs is 1. The summed E-state index contributed by atoms with van der Waals surface area (Å²) in [7, 11) is -3.65. The van der Waals surface area contributed by atoms with Gasteiger partial charge in [0.2, 0.25) is 10.0 Å². The zero-order valence-corrected chi connectivity index (χ0v) is 7.90. The van der Waals surface area contributed by atoms with Crippen LogP contribution in [0.3, 0.4) is 0 Å². The number of nitrogens with two attached hydrogens (primary N) is 1. The Morgan fingerprint density at radius 3 is 2.79 bits per heavy atom. The molecule has 0 unspecified atom stereocenters. The lowest BCUT2D eigenvalue weighted by Crippen LogP contribution is -2.11. The maximum atomic E-state index is 11.0. The molecule has 0 radical (unpaired) electrons. The van der Waals surface area contributed by atoms with Crippen molar-refractivity contribution in [1.82, 2.24) is 9.97 Å². The molecule has 14 heavy (non-hydrogen) atoms. The van der Waals surface area contributed by atoms with Crippen LogP contribution in [-0.2, 0) is 10.0 Å². The van der Waals surface area contributed by atoms with Crippen molar-refractivity contribution in [3.05, 3.63) is 30.7 Å². The monoisotopic (exact) mass is 209 g/mol. The largest absolute Gasteiger partial charge is 0.244 e. The van der Waals surface area contributed by atoms with Crippen LogP contribution in [0.4, 0.5) is 0 Å². The van der Waals surface area contributed by atoms with E-state index in [0.717, 1.165) is 5.39 Å². The molecule has 1 aromatic heterocycles. The van der Waals surface area contributed by atoms with Gasteiger partial charge in [0.05, 0.1) is 10.4 Å². The van der Waals surface area contributed by atoms with Crippen LogP contribution in [0.2, 0.25) is 0 Å². The van der Waals surface area contributed by atoms with Gasteiger partial charge in [0.1, 0.15) is 6.33 Å². The van der Waals surface area contributed by atoms with Gasteiger partial charge < -0.3 is 0 Å². The second-order valence-corrected chi connectivity index (χ2v) is 4.35. The van der Waals surface area contributed by atoms with Crippen LogP contribution < -0.4 is 5.14 Å². The van der Waals surface area contributed by atoms with Crippen LogP contribution in [0.1, 0.15) is 0 Å². The number of sulfonamides is 1. The molecular formula is C8H7N3O2S. The highest BCUT2D eigenvalue weighted by molar-refractivity contribution is 7.89. The fraction of sp³-hybridized carbons (Fsp3) is 0. The molecule has 1 heterocycles. The minimum Gasteiger partial charge on any atom is -0.244 e. The second kappa shape index (κ2) is 3.00. The van der Waals surface area contributed by atoms with Gasteiger partial charge in [0.25, 0.3) is 0 Å². The first-order chi connectivity index (χ1) is 6.57. The molecule has 0 amide bonds. The highest BCUT2D eigenvalue weighted by Crippen LogP contribution is 2.14. The Morgan fingerprint density at radius 2 is 2.07 bits per heavy atom. The van der Waals surface area contributed by atoms with Gasteiger partial charge in [-0.1, -0.05) is 0 Å². The molecule has 0 bridgehead atoms. The fourth-order valence-electron chi connectivity index (χ4n) is 1.13. The molecule has 0 atom stereocenters. The van der Waals surface area contributed by atoms with Gasteiger partial charge in [0.15, 0.2) is 0 Å². The molecule has 0 fully saturated rings. The van der Waals surface area contributed by atoms with Crippen molar-refractivity contribution in [2.75, 3.05) is 0 Å². The molecule has 6 heteroatoms. The van der Waals surface area contributed by atoms with E-state index in [-0.39, 0.29) is 4.90 Å². The van der Waals surface area contributed by atoms with Crippen LogP contribution in [0.25, 0.3) is 10.9 Å². The number of benzene rings is 1. The summed E-state index contributed by atoms with van der Waals surface area (Å²) >= 11 is 0. The Bertz CT molecular complexity index is 580. The summed E-state index contributed by atoms with van der Waals surface area (Å²) in [6.45, 7) is 0. The molecule has 0 aliphatic rings. The first kappa shape index (κ1) is 9.04. The molecule has 0 aliphatic carbocycles. The molecule has 0 aliphatic heterocycles. The van der Waals surface area contributed by atoms with Gasteiger partial charge in [-0.15, -0.1) is 0 Å². The standard InChI is InChI=1S/C8H7N3O2S/c9-14(12,13)7-2-1-6-4-10-5-11-8(6)3-7/h1-5H,(H2,9,12,13). The van der Waals surface area contributed by atoms with Crippen LogP contribution in [0.5, 0.6) is 0 Å². The predicted octanol–water partition coefficient (Wildman–Crippen LogP) is 0.277. The zero-order chi connectivity index (χ0) is 10.2. The Balaban J connectivity index is 2.75. The van der Waals surface area contributed by atoms with E-state index in [4.69, 9.17) is 5.14 Å². The summed E-state index contributed by atoms with van der Waals surface area (Å²) in [6, 6.07) is 4.47. The van der Waals surface area contributed by atoms with E-state index in [2.05, 4.69) is 9.97 Å². The molecule has 0 spiro atoms. The van der Waals surface area contributed by atoms with Crippen molar-refractivity contribution in [1.29, 1.82) is 0 Å². The second-order valence-electron chi connectivity index (χ2n) is 2.79. The summed E-state index contributed by atoms with van der Waals surface area (Å²) in [5, 5.41) is 5.75. The number of hydrogen-bond donors (Lipinski definition) is 1. The van der Waals surface area contributed by atoms with E-state index in [9.17, 15) is 8.42 Å². The summed E-state index contributed by atoms with van der Waals surface area (Å²) in [5.41, 5.74) is 0.562. The first-order valence-corrected chi connectivity index (χ1v) is 5.34. The number of aromatic nitrogens is 2. The van der Waals surface area contributed by atoms with E-state index < -0.39 is 10.0 Å². The highest BCUT2D eigenvalue weighted by Gasteiger charge is 2.07. The van der Waals surface area contributed by atoms with Crippen molar-refractivity contribution >= 4 is 20.9 Å². The average molecular weight is 209 g/mol. The molecule has 0 saturated carbocycles. The molecular weight excluding hydrogens is 202 g/mol. The van der Waals surface area contributed by atoms with Gasteiger partial charge in [-0.2, -0.15) is 0 Å². The van der Waals surface area contributed by atoms with Gasteiger partial charge in [-0.3, -0.25) is 0 Å². The van der Waals surface area contributed by atoms with E-state index in [1.165, 1.54) is 18.5 Å². The van der Waals surface area contributed by atoms with E-state index >= 15 is 0 Å². The van der Waals surface area contributed by atoms with Gasteiger partial charge >= 0.3 is 0 Å².